The number of aliphatic hydroxyl groups excluding tert-OH is 3. The van der Waals surface area contributed by atoms with E-state index in [-0.39, 0.29) is 36.1 Å². The summed E-state index contributed by atoms with van der Waals surface area (Å²) >= 11 is 0. The molecular formula is C21H50O10P2. The fraction of sp³-hybridized carbons (Fsp3) is 1.00. The van der Waals surface area contributed by atoms with Crippen molar-refractivity contribution in [2.45, 2.75) is 93.8 Å². The van der Waals surface area contributed by atoms with Crippen molar-refractivity contribution >= 4 is 17.2 Å². The summed E-state index contributed by atoms with van der Waals surface area (Å²) in [6.07, 6.45) is 1.20. The van der Waals surface area contributed by atoms with E-state index in [1.54, 1.807) is 0 Å². The lowest BCUT2D eigenvalue weighted by Crippen LogP contribution is -2.57. The lowest BCUT2D eigenvalue weighted by molar-refractivity contribution is -0.215. The largest absolute Gasteiger partial charge is 0.396 e. The number of ether oxygens (including phenoxy) is 1. The molecule has 0 aliphatic carbocycles. The molecule has 0 aliphatic rings. The quantitative estimate of drug-likeness (QED) is 0.202. The van der Waals surface area contributed by atoms with Crippen LogP contribution in [0.25, 0.3) is 0 Å². The van der Waals surface area contributed by atoms with Gasteiger partial charge in [-0.3, -0.25) is 0 Å². The van der Waals surface area contributed by atoms with E-state index in [9.17, 15) is 15.3 Å². The molecule has 33 heavy (non-hydrogen) atoms. The van der Waals surface area contributed by atoms with Gasteiger partial charge in [-0.2, -0.15) is 0 Å². The van der Waals surface area contributed by atoms with Gasteiger partial charge in [-0.15, -0.1) is 0 Å². The van der Waals surface area contributed by atoms with E-state index < -0.39 is 34.3 Å². The fourth-order valence-corrected chi connectivity index (χ4v) is 4.61. The molecule has 1 atom stereocenters. The molecule has 0 spiro atoms. The Morgan fingerprint density at radius 2 is 0.848 bits per heavy atom. The highest BCUT2D eigenvalue weighted by atomic mass is 31.2. The van der Waals surface area contributed by atoms with Gasteiger partial charge in [-0.05, 0) is 42.9 Å². The van der Waals surface area contributed by atoms with Gasteiger partial charge >= 0.3 is 17.2 Å². The summed E-state index contributed by atoms with van der Waals surface area (Å²) in [5, 5.41) is 30.1. The van der Waals surface area contributed by atoms with Crippen molar-refractivity contribution in [1.82, 2.24) is 0 Å². The number of hydrogen-bond donors (Lipinski definition) is 9. The molecule has 0 rings (SSSR count). The number of rotatable bonds is 9. The molecule has 0 saturated heterocycles. The highest BCUT2D eigenvalue weighted by Crippen LogP contribution is 2.46. The molecule has 0 aromatic rings. The molecule has 9 N–H and O–H groups in total. The second kappa shape index (κ2) is 15.5. The zero-order valence-electron chi connectivity index (χ0n) is 21.9. The summed E-state index contributed by atoms with van der Waals surface area (Å²) in [6, 6.07) is 0. The van der Waals surface area contributed by atoms with Crippen molar-refractivity contribution < 1.29 is 49.4 Å². The lowest BCUT2D eigenvalue weighted by atomic mass is 9.64. The minimum Gasteiger partial charge on any atom is -0.396 e. The molecule has 0 amide bonds. The average molecular weight is 525 g/mol. The Labute approximate surface area is 202 Å². The molecule has 1 unspecified atom stereocenters. The highest BCUT2D eigenvalue weighted by molar-refractivity contribution is 7.38. The summed E-state index contributed by atoms with van der Waals surface area (Å²) in [4.78, 5) is 43.4. The third-order valence-electron chi connectivity index (χ3n) is 4.59. The second-order valence-corrected chi connectivity index (χ2v) is 13.2. The average Bonchev–Trinajstić information content (AvgIpc) is 2.50. The number of aliphatic hydroxyl groups is 3. The van der Waals surface area contributed by atoms with E-state index in [0.29, 0.717) is 0 Å². The smallest absolute Gasteiger partial charge is 0.324 e. The lowest BCUT2D eigenvalue weighted by Gasteiger charge is -2.51. The predicted octanol–water partition coefficient (Wildman–Crippen LogP) is 2.39. The highest BCUT2D eigenvalue weighted by Gasteiger charge is 2.50. The summed E-state index contributed by atoms with van der Waals surface area (Å²) in [7, 11) is -5.24. The Bertz CT molecular complexity index is 476. The Hall–Kier alpha value is 0.460. The maximum absolute atomic E-state index is 10.0. The van der Waals surface area contributed by atoms with Crippen LogP contribution >= 0.6 is 17.2 Å². The maximum Gasteiger partial charge on any atom is 0.324 e. The van der Waals surface area contributed by atoms with Gasteiger partial charge in [0.1, 0.15) is 0 Å². The molecule has 0 aliphatic heterocycles. The Morgan fingerprint density at radius 3 is 1.06 bits per heavy atom. The van der Waals surface area contributed by atoms with Gasteiger partial charge in [-0.25, -0.2) is 0 Å². The van der Waals surface area contributed by atoms with Gasteiger partial charge in [0.25, 0.3) is 0 Å². The minimum absolute atomic E-state index is 0.0609. The van der Waals surface area contributed by atoms with Gasteiger partial charge < -0.3 is 49.4 Å². The topological polar surface area (TPSA) is 191 Å². The van der Waals surface area contributed by atoms with Crippen LogP contribution in [-0.2, 0) is 4.74 Å². The third kappa shape index (κ3) is 20.4. The second-order valence-electron chi connectivity index (χ2n) is 12.1. The summed E-state index contributed by atoms with van der Waals surface area (Å²) in [5.74, 6) is 0. The molecule has 10 nitrogen and oxygen atoms in total. The Morgan fingerprint density at radius 1 is 0.576 bits per heavy atom. The molecule has 204 valence electrons. The maximum atomic E-state index is 10.0. The van der Waals surface area contributed by atoms with Crippen molar-refractivity contribution in [3.8, 4) is 0 Å². The molecule has 0 saturated carbocycles. The standard InChI is InChI=1S/C21H44O4.2H3O3P/c1-17(2,3)11-19(7,8)16(21(13-22,14-23)15-24)25-20(9,10)12-18(4,5)6;2*1-4(2)3/h16,22-24H,11-15H2,1-10H3;2*1-3H. The summed E-state index contributed by atoms with van der Waals surface area (Å²) in [6.45, 7) is 20.4. The van der Waals surface area contributed by atoms with Crippen molar-refractivity contribution in [3.05, 3.63) is 0 Å². The van der Waals surface area contributed by atoms with Crippen LogP contribution in [-0.4, -0.2) is 76.2 Å². The predicted molar refractivity (Wildman–Crippen MR) is 132 cm³/mol. The van der Waals surface area contributed by atoms with Crippen molar-refractivity contribution in [2.24, 2.45) is 21.7 Å². The molecular weight excluding hydrogens is 474 g/mol. The van der Waals surface area contributed by atoms with E-state index in [2.05, 4.69) is 69.2 Å². The van der Waals surface area contributed by atoms with Gasteiger partial charge in [0.05, 0.1) is 36.9 Å². The molecule has 12 heteroatoms. The normalized spacial score (nSPS) is 14.5. The first-order valence-electron chi connectivity index (χ1n) is 10.6. The van der Waals surface area contributed by atoms with Crippen molar-refractivity contribution in [2.75, 3.05) is 19.8 Å². The van der Waals surface area contributed by atoms with Crippen molar-refractivity contribution in [1.29, 1.82) is 0 Å². The molecule has 0 bridgehead atoms. The zero-order chi connectivity index (χ0) is 27.5. The van der Waals surface area contributed by atoms with Gasteiger partial charge in [0, 0.05) is 0 Å². The van der Waals surface area contributed by atoms with Gasteiger partial charge in [0.15, 0.2) is 0 Å². The molecule has 0 aromatic carbocycles. The monoisotopic (exact) mass is 524 g/mol. The van der Waals surface area contributed by atoms with Crippen LogP contribution in [0, 0.1) is 21.7 Å². The van der Waals surface area contributed by atoms with E-state index in [0.717, 1.165) is 12.8 Å². The molecule has 0 radical (unpaired) electrons. The van der Waals surface area contributed by atoms with Gasteiger partial charge in [-0.1, -0.05) is 55.4 Å². The van der Waals surface area contributed by atoms with Crippen LogP contribution in [0.3, 0.4) is 0 Å². The number of hydrogen-bond acceptors (Lipinski definition) is 10. The van der Waals surface area contributed by atoms with Crippen LogP contribution in [0.5, 0.6) is 0 Å². The fourth-order valence-electron chi connectivity index (χ4n) is 4.61. The van der Waals surface area contributed by atoms with Crippen LogP contribution in [0.15, 0.2) is 0 Å². The first-order valence-corrected chi connectivity index (χ1v) is 13.0. The minimum atomic E-state index is -2.62. The molecule has 0 aromatic heterocycles. The van der Waals surface area contributed by atoms with E-state index in [1.165, 1.54) is 0 Å². The van der Waals surface area contributed by atoms with Crippen LogP contribution < -0.4 is 0 Å². The molecule has 0 heterocycles. The van der Waals surface area contributed by atoms with Crippen molar-refractivity contribution in [3.63, 3.8) is 0 Å². The van der Waals surface area contributed by atoms with Gasteiger partial charge in [0.2, 0.25) is 0 Å². The first-order chi connectivity index (χ1) is 14.4. The van der Waals surface area contributed by atoms with E-state index in [1.807, 2.05) is 0 Å². The Balaban J connectivity index is -0.000000962. The van der Waals surface area contributed by atoms with Crippen LogP contribution in [0.1, 0.15) is 82.1 Å². The van der Waals surface area contributed by atoms with E-state index >= 15 is 0 Å². The van der Waals surface area contributed by atoms with E-state index in [4.69, 9.17) is 34.1 Å². The Kier molecular flexibility index (Phi) is 17.9. The van der Waals surface area contributed by atoms with Crippen LogP contribution in [0.2, 0.25) is 0 Å². The summed E-state index contributed by atoms with van der Waals surface area (Å²) in [5.41, 5.74) is -1.71. The SMILES string of the molecule is CC(C)(C)CC(C)(C)OC(C(C)(C)CC(C)(C)C)C(CO)(CO)CO.OP(O)O.OP(O)O. The summed E-state index contributed by atoms with van der Waals surface area (Å²) < 4.78 is 6.58. The van der Waals surface area contributed by atoms with Crippen LogP contribution in [0.4, 0.5) is 0 Å². The molecule has 0 fully saturated rings. The first kappa shape index (κ1) is 38.0. The zero-order valence-corrected chi connectivity index (χ0v) is 23.7. The third-order valence-corrected chi connectivity index (χ3v) is 4.59.